The van der Waals surface area contributed by atoms with Crippen LogP contribution in [0.1, 0.15) is 24.9 Å². The lowest BCUT2D eigenvalue weighted by Crippen LogP contribution is -2.45. The van der Waals surface area contributed by atoms with Crippen molar-refractivity contribution in [3.8, 4) is 5.75 Å². The van der Waals surface area contributed by atoms with Crippen LogP contribution >= 0.6 is 11.8 Å². The van der Waals surface area contributed by atoms with E-state index in [4.69, 9.17) is 9.47 Å². The Morgan fingerprint density at radius 3 is 2.79 bits per heavy atom. The van der Waals surface area contributed by atoms with Crippen LogP contribution in [-0.2, 0) is 14.3 Å². The Morgan fingerprint density at radius 2 is 2.08 bits per heavy atom. The van der Waals surface area contributed by atoms with Gasteiger partial charge in [-0.1, -0.05) is 30.0 Å². The number of allylic oxidation sites excluding steroid dienone is 1. The van der Waals surface area contributed by atoms with Gasteiger partial charge in [0.2, 0.25) is 5.91 Å². The second kappa shape index (κ2) is 6.68. The molecule has 0 saturated carbocycles. The van der Waals surface area contributed by atoms with Crippen LogP contribution in [0.15, 0.2) is 40.5 Å². The lowest BCUT2D eigenvalue weighted by atomic mass is 9.93. The number of amidine groups is 1. The zero-order chi connectivity index (χ0) is 17.3. The number of para-hydroxylation sites is 1. The average Bonchev–Trinajstić information content (AvgIpc) is 2.60. The maximum atomic E-state index is 12.6. The summed E-state index contributed by atoms with van der Waals surface area (Å²) in [6.07, 6.45) is 0.406. The molecule has 1 fully saturated rings. The van der Waals surface area contributed by atoms with Crippen molar-refractivity contribution in [2.45, 2.75) is 19.4 Å². The van der Waals surface area contributed by atoms with Gasteiger partial charge in [-0.2, -0.15) is 0 Å². The van der Waals surface area contributed by atoms with Gasteiger partial charge in [0.15, 0.2) is 5.17 Å². The van der Waals surface area contributed by atoms with Gasteiger partial charge in [-0.25, -0.2) is 9.79 Å². The highest BCUT2D eigenvalue weighted by Crippen LogP contribution is 2.42. The maximum Gasteiger partial charge on any atom is 0.338 e. The van der Waals surface area contributed by atoms with Crippen LogP contribution in [0.3, 0.4) is 0 Å². The molecule has 3 rings (SSSR count). The van der Waals surface area contributed by atoms with Crippen molar-refractivity contribution >= 4 is 28.8 Å². The standard InChI is InChI=1S/C17H18N2O4S/c1-10-14(16(21)23-3)15(11-6-4-5-7-12(11)22-2)19-13(20)8-9-24-17(19)18-10/h4-7,15H,8-9H2,1-3H3/t15-/m0/s1. The molecular weight excluding hydrogens is 328 g/mol. The second-order valence-electron chi connectivity index (χ2n) is 5.39. The minimum atomic E-state index is -0.596. The number of rotatable bonds is 3. The van der Waals surface area contributed by atoms with Gasteiger partial charge >= 0.3 is 5.97 Å². The van der Waals surface area contributed by atoms with Crippen LogP contribution in [0.2, 0.25) is 0 Å². The maximum absolute atomic E-state index is 12.6. The Hall–Kier alpha value is -2.28. The molecule has 2 aliphatic rings. The minimum absolute atomic E-state index is 0.0580. The van der Waals surface area contributed by atoms with Crippen molar-refractivity contribution in [1.29, 1.82) is 0 Å². The minimum Gasteiger partial charge on any atom is -0.496 e. The van der Waals surface area contributed by atoms with Crippen LogP contribution in [0.4, 0.5) is 0 Å². The summed E-state index contributed by atoms with van der Waals surface area (Å²) in [7, 11) is 2.89. The molecule has 0 N–H and O–H groups in total. The zero-order valence-electron chi connectivity index (χ0n) is 13.7. The summed E-state index contributed by atoms with van der Waals surface area (Å²) < 4.78 is 10.4. The smallest absolute Gasteiger partial charge is 0.338 e. The van der Waals surface area contributed by atoms with Gasteiger partial charge in [0, 0.05) is 17.7 Å². The van der Waals surface area contributed by atoms with Crippen molar-refractivity contribution in [3.63, 3.8) is 0 Å². The summed E-state index contributed by atoms with van der Waals surface area (Å²) >= 11 is 1.52. The van der Waals surface area contributed by atoms with Crippen molar-refractivity contribution < 1.29 is 19.1 Å². The topological polar surface area (TPSA) is 68.2 Å². The number of carbonyl (C=O) groups is 2. The summed E-state index contributed by atoms with van der Waals surface area (Å²) in [4.78, 5) is 31.0. The van der Waals surface area contributed by atoms with Crippen LogP contribution in [-0.4, -0.2) is 41.9 Å². The lowest BCUT2D eigenvalue weighted by molar-refractivity contribution is -0.137. The van der Waals surface area contributed by atoms with Gasteiger partial charge in [-0.3, -0.25) is 9.69 Å². The molecular formula is C17H18N2O4S. The van der Waals surface area contributed by atoms with Crippen LogP contribution in [0.5, 0.6) is 5.75 Å². The molecule has 1 amide bonds. The molecule has 1 atom stereocenters. The molecule has 126 valence electrons. The van der Waals surface area contributed by atoms with E-state index in [-0.39, 0.29) is 5.91 Å². The Kier molecular flexibility index (Phi) is 4.62. The molecule has 2 heterocycles. The highest BCUT2D eigenvalue weighted by Gasteiger charge is 2.42. The first-order valence-corrected chi connectivity index (χ1v) is 8.52. The number of benzene rings is 1. The number of amides is 1. The van der Waals surface area contributed by atoms with Crippen LogP contribution in [0, 0.1) is 0 Å². The highest BCUT2D eigenvalue weighted by atomic mass is 32.2. The van der Waals surface area contributed by atoms with E-state index in [1.165, 1.54) is 18.9 Å². The van der Waals surface area contributed by atoms with Crippen molar-refractivity contribution in [3.05, 3.63) is 41.1 Å². The SMILES string of the molecule is COC(=O)C1=C(C)N=C2SCCC(=O)N2[C@H]1c1ccccc1OC. The number of hydrogen-bond acceptors (Lipinski definition) is 6. The van der Waals surface area contributed by atoms with Crippen molar-refractivity contribution in [2.75, 3.05) is 20.0 Å². The highest BCUT2D eigenvalue weighted by molar-refractivity contribution is 8.14. The van der Waals surface area contributed by atoms with Gasteiger partial charge in [-0.15, -0.1) is 0 Å². The summed E-state index contributed by atoms with van der Waals surface area (Å²) in [5.74, 6) is 0.751. The molecule has 0 spiro atoms. The normalized spacial score (nSPS) is 20.5. The summed E-state index contributed by atoms with van der Waals surface area (Å²) in [5, 5.41) is 0.618. The number of fused-ring (bicyclic) bond motifs is 1. The molecule has 7 heteroatoms. The van der Waals surface area contributed by atoms with E-state index < -0.39 is 12.0 Å². The van der Waals surface area contributed by atoms with Crippen LogP contribution < -0.4 is 4.74 Å². The average molecular weight is 346 g/mol. The Morgan fingerprint density at radius 1 is 1.33 bits per heavy atom. The van der Waals surface area contributed by atoms with Gasteiger partial charge in [0.1, 0.15) is 11.8 Å². The Balaban J connectivity index is 2.22. The first-order chi connectivity index (χ1) is 11.6. The fourth-order valence-corrected chi connectivity index (χ4v) is 3.96. The van der Waals surface area contributed by atoms with Gasteiger partial charge in [-0.05, 0) is 13.0 Å². The van der Waals surface area contributed by atoms with E-state index in [2.05, 4.69) is 4.99 Å². The quantitative estimate of drug-likeness (QED) is 0.787. The zero-order valence-corrected chi connectivity index (χ0v) is 14.6. The molecule has 6 nitrogen and oxygen atoms in total. The van der Waals surface area contributed by atoms with Crippen LogP contribution in [0.25, 0.3) is 0 Å². The molecule has 0 unspecified atom stereocenters. The molecule has 0 bridgehead atoms. The van der Waals surface area contributed by atoms with E-state index in [9.17, 15) is 9.59 Å². The van der Waals surface area contributed by atoms with E-state index in [0.717, 1.165) is 5.56 Å². The van der Waals surface area contributed by atoms with E-state index in [1.807, 2.05) is 24.3 Å². The molecule has 24 heavy (non-hydrogen) atoms. The molecule has 0 radical (unpaired) electrons. The van der Waals surface area contributed by atoms with Gasteiger partial charge in [0.25, 0.3) is 0 Å². The predicted octanol–water partition coefficient (Wildman–Crippen LogP) is 2.52. The van der Waals surface area contributed by atoms with Gasteiger partial charge < -0.3 is 9.47 Å². The lowest BCUT2D eigenvalue weighted by Gasteiger charge is -2.39. The molecule has 1 saturated heterocycles. The number of esters is 1. The predicted molar refractivity (Wildman–Crippen MR) is 91.8 cm³/mol. The first-order valence-electron chi connectivity index (χ1n) is 7.54. The third kappa shape index (κ3) is 2.69. The number of thioether (sulfide) groups is 1. The number of carbonyl (C=O) groups excluding carboxylic acids is 2. The van der Waals surface area contributed by atoms with Crippen molar-refractivity contribution in [1.82, 2.24) is 4.90 Å². The fourth-order valence-electron chi connectivity index (χ4n) is 2.95. The van der Waals surface area contributed by atoms with E-state index >= 15 is 0 Å². The van der Waals surface area contributed by atoms with E-state index in [1.54, 1.807) is 18.9 Å². The summed E-state index contributed by atoms with van der Waals surface area (Å²) in [6.45, 7) is 1.76. The van der Waals surface area contributed by atoms with Gasteiger partial charge in [0.05, 0.1) is 25.5 Å². The summed E-state index contributed by atoms with van der Waals surface area (Å²) in [5.41, 5.74) is 1.66. The molecule has 2 aliphatic heterocycles. The number of hydrogen-bond donors (Lipinski definition) is 0. The number of aliphatic imine (C=N–C) groups is 1. The summed E-state index contributed by atoms with van der Waals surface area (Å²) in [6, 6.07) is 6.78. The fraction of sp³-hybridized carbons (Fsp3) is 0.353. The van der Waals surface area contributed by atoms with E-state index in [0.29, 0.717) is 34.4 Å². The Bertz CT molecular complexity index is 757. The largest absolute Gasteiger partial charge is 0.496 e. The molecule has 1 aromatic carbocycles. The number of nitrogens with zero attached hydrogens (tertiary/aromatic N) is 2. The monoisotopic (exact) mass is 346 g/mol. The number of ether oxygens (including phenoxy) is 2. The first kappa shape index (κ1) is 16.6. The molecule has 0 aromatic heterocycles. The number of methoxy groups -OCH3 is 2. The van der Waals surface area contributed by atoms with Crippen molar-refractivity contribution in [2.24, 2.45) is 4.99 Å². The molecule has 1 aromatic rings. The third-order valence-electron chi connectivity index (χ3n) is 4.05. The Labute approximate surface area is 144 Å². The molecule has 0 aliphatic carbocycles. The second-order valence-corrected chi connectivity index (χ2v) is 6.45. The third-order valence-corrected chi connectivity index (χ3v) is 5.00.